The Bertz CT molecular complexity index is 1030. The first-order chi connectivity index (χ1) is 15.0. The monoisotopic (exact) mass is 436 g/mol. The zero-order valence-electron chi connectivity index (χ0n) is 18.0. The predicted octanol–water partition coefficient (Wildman–Crippen LogP) is 3.70. The average Bonchev–Trinajstić information content (AvgIpc) is 3.44. The number of carbonyl (C=O) groups is 2. The maximum absolute atomic E-state index is 13.3. The summed E-state index contributed by atoms with van der Waals surface area (Å²) in [5.74, 6) is -0.223. The standard InChI is InChI=1S/C24H28N4O2S/c1-3-11-27-13-14-28(24(30)21-10-12-26(2)25-21)17-20(23(27)29)16-18-6-8-19(9-7-18)22-5-4-15-31-22/h4-10,12,15,20H,3,11,13-14,16-17H2,1-2H3/t20-/m1/s1. The fraction of sp³-hybridized carbons (Fsp3) is 0.375. The second-order valence-electron chi connectivity index (χ2n) is 8.03. The highest BCUT2D eigenvalue weighted by molar-refractivity contribution is 7.13. The van der Waals surface area contributed by atoms with Crippen molar-refractivity contribution >= 4 is 23.2 Å². The molecule has 1 aliphatic rings. The van der Waals surface area contributed by atoms with E-state index in [2.05, 4.69) is 47.7 Å². The molecule has 1 atom stereocenters. The molecule has 2 amide bonds. The first kappa shape index (κ1) is 21.3. The summed E-state index contributed by atoms with van der Waals surface area (Å²) in [7, 11) is 1.80. The van der Waals surface area contributed by atoms with E-state index in [1.165, 1.54) is 10.4 Å². The van der Waals surface area contributed by atoms with Crippen LogP contribution in [0, 0.1) is 5.92 Å². The Morgan fingerprint density at radius 2 is 1.97 bits per heavy atom. The van der Waals surface area contributed by atoms with Crippen LogP contribution in [0.4, 0.5) is 0 Å². The number of hydrogen-bond acceptors (Lipinski definition) is 4. The third-order valence-electron chi connectivity index (χ3n) is 5.70. The molecular formula is C24H28N4O2S. The van der Waals surface area contributed by atoms with E-state index in [0.717, 1.165) is 18.5 Å². The minimum absolute atomic E-state index is 0.107. The number of carbonyl (C=O) groups excluding carboxylic acids is 2. The highest BCUT2D eigenvalue weighted by Gasteiger charge is 2.32. The molecule has 7 heteroatoms. The number of nitrogens with zero attached hydrogens (tertiary/aromatic N) is 4. The normalized spacial score (nSPS) is 17.1. The number of aromatic nitrogens is 2. The molecule has 0 aliphatic carbocycles. The Hall–Kier alpha value is -2.93. The summed E-state index contributed by atoms with van der Waals surface area (Å²) in [5.41, 5.74) is 2.73. The molecule has 0 spiro atoms. The third-order valence-corrected chi connectivity index (χ3v) is 6.62. The number of hydrogen-bond donors (Lipinski definition) is 0. The summed E-state index contributed by atoms with van der Waals surface area (Å²) < 4.78 is 1.63. The van der Waals surface area contributed by atoms with Crippen LogP contribution in [0.25, 0.3) is 10.4 Å². The predicted molar refractivity (Wildman–Crippen MR) is 123 cm³/mol. The topological polar surface area (TPSA) is 58.4 Å². The smallest absolute Gasteiger partial charge is 0.274 e. The zero-order valence-corrected chi connectivity index (χ0v) is 18.8. The van der Waals surface area contributed by atoms with E-state index in [0.29, 0.717) is 31.7 Å². The van der Waals surface area contributed by atoms with Gasteiger partial charge in [0.2, 0.25) is 5.91 Å². The van der Waals surface area contributed by atoms with Gasteiger partial charge in [0.15, 0.2) is 0 Å². The Balaban J connectivity index is 1.53. The van der Waals surface area contributed by atoms with E-state index < -0.39 is 0 Å². The molecule has 0 radical (unpaired) electrons. The lowest BCUT2D eigenvalue weighted by Gasteiger charge is -2.23. The molecule has 3 heterocycles. The summed E-state index contributed by atoms with van der Waals surface area (Å²) >= 11 is 1.72. The lowest BCUT2D eigenvalue weighted by molar-refractivity contribution is -0.134. The fourth-order valence-electron chi connectivity index (χ4n) is 4.10. The van der Waals surface area contributed by atoms with Gasteiger partial charge in [0.05, 0.1) is 5.92 Å². The van der Waals surface area contributed by atoms with Crippen molar-refractivity contribution < 1.29 is 9.59 Å². The molecule has 0 bridgehead atoms. The van der Waals surface area contributed by atoms with Crippen molar-refractivity contribution in [2.45, 2.75) is 19.8 Å². The molecule has 2 aromatic heterocycles. The van der Waals surface area contributed by atoms with Crippen LogP contribution in [0.5, 0.6) is 0 Å². The van der Waals surface area contributed by atoms with Gasteiger partial charge in [-0.1, -0.05) is 37.3 Å². The molecule has 0 unspecified atom stereocenters. The van der Waals surface area contributed by atoms with Gasteiger partial charge in [-0.2, -0.15) is 5.10 Å². The molecule has 6 nitrogen and oxygen atoms in total. The number of amides is 2. The zero-order chi connectivity index (χ0) is 21.8. The minimum atomic E-state index is -0.255. The number of benzene rings is 1. The molecule has 4 rings (SSSR count). The van der Waals surface area contributed by atoms with Crippen molar-refractivity contribution in [3.8, 4) is 10.4 Å². The maximum atomic E-state index is 13.3. The lowest BCUT2D eigenvalue weighted by atomic mass is 9.96. The van der Waals surface area contributed by atoms with Crippen LogP contribution < -0.4 is 0 Å². The van der Waals surface area contributed by atoms with Crippen molar-refractivity contribution in [2.75, 3.05) is 26.2 Å². The Kier molecular flexibility index (Phi) is 6.51. The van der Waals surface area contributed by atoms with Crippen molar-refractivity contribution in [3.63, 3.8) is 0 Å². The van der Waals surface area contributed by atoms with Crippen LogP contribution >= 0.6 is 11.3 Å². The maximum Gasteiger partial charge on any atom is 0.274 e. The average molecular weight is 437 g/mol. The summed E-state index contributed by atoms with van der Waals surface area (Å²) in [5, 5.41) is 6.33. The summed E-state index contributed by atoms with van der Waals surface area (Å²) in [6.07, 6.45) is 3.30. The molecule has 3 aromatic rings. The molecule has 0 saturated carbocycles. The van der Waals surface area contributed by atoms with Gasteiger partial charge in [-0.05, 0) is 41.5 Å². The van der Waals surface area contributed by atoms with Gasteiger partial charge in [0.1, 0.15) is 5.69 Å². The van der Waals surface area contributed by atoms with Crippen LogP contribution in [-0.2, 0) is 18.3 Å². The fourth-order valence-corrected chi connectivity index (χ4v) is 4.83. The van der Waals surface area contributed by atoms with Crippen molar-refractivity contribution in [1.82, 2.24) is 19.6 Å². The number of rotatable bonds is 6. The summed E-state index contributed by atoms with van der Waals surface area (Å²) in [6, 6.07) is 14.3. The van der Waals surface area contributed by atoms with Gasteiger partial charge in [-0.3, -0.25) is 14.3 Å². The van der Waals surface area contributed by atoms with Crippen LogP contribution in [-0.4, -0.2) is 57.6 Å². The molecule has 162 valence electrons. The van der Waals surface area contributed by atoms with Crippen molar-refractivity contribution in [3.05, 3.63) is 65.3 Å². The van der Waals surface area contributed by atoms with Gasteiger partial charge in [0.25, 0.3) is 5.91 Å². The van der Waals surface area contributed by atoms with E-state index in [4.69, 9.17) is 0 Å². The first-order valence-corrected chi connectivity index (χ1v) is 11.6. The first-order valence-electron chi connectivity index (χ1n) is 10.8. The van der Waals surface area contributed by atoms with Gasteiger partial charge >= 0.3 is 0 Å². The van der Waals surface area contributed by atoms with Crippen LogP contribution in [0.3, 0.4) is 0 Å². The van der Waals surface area contributed by atoms with Gasteiger partial charge in [0, 0.05) is 44.3 Å². The second-order valence-corrected chi connectivity index (χ2v) is 8.97. The summed E-state index contributed by atoms with van der Waals surface area (Å²) in [6.45, 7) is 4.32. The molecule has 31 heavy (non-hydrogen) atoms. The molecular weight excluding hydrogens is 408 g/mol. The van der Waals surface area contributed by atoms with Crippen LogP contribution in [0.2, 0.25) is 0 Å². The SMILES string of the molecule is CCCN1CCN(C(=O)c2ccn(C)n2)C[C@@H](Cc2ccc(-c3cccs3)cc2)C1=O. The summed E-state index contributed by atoms with van der Waals surface area (Å²) in [4.78, 5) is 31.2. The molecule has 1 fully saturated rings. The minimum Gasteiger partial charge on any atom is -0.341 e. The van der Waals surface area contributed by atoms with Crippen LogP contribution in [0.15, 0.2) is 54.0 Å². The Morgan fingerprint density at radius 1 is 1.16 bits per heavy atom. The second kappa shape index (κ2) is 9.47. The largest absolute Gasteiger partial charge is 0.341 e. The molecule has 1 aliphatic heterocycles. The van der Waals surface area contributed by atoms with E-state index >= 15 is 0 Å². The van der Waals surface area contributed by atoms with Gasteiger partial charge in [-0.25, -0.2) is 0 Å². The van der Waals surface area contributed by atoms with E-state index in [1.807, 2.05) is 11.0 Å². The van der Waals surface area contributed by atoms with Gasteiger partial charge < -0.3 is 9.80 Å². The van der Waals surface area contributed by atoms with Crippen molar-refractivity contribution in [2.24, 2.45) is 13.0 Å². The Morgan fingerprint density at radius 3 is 2.61 bits per heavy atom. The van der Waals surface area contributed by atoms with Crippen LogP contribution in [0.1, 0.15) is 29.4 Å². The molecule has 1 aromatic carbocycles. The number of thiophene rings is 1. The lowest BCUT2D eigenvalue weighted by Crippen LogP contribution is -2.38. The van der Waals surface area contributed by atoms with Crippen molar-refractivity contribution in [1.29, 1.82) is 0 Å². The van der Waals surface area contributed by atoms with E-state index in [-0.39, 0.29) is 17.7 Å². The number of aryl methyl sites for hydroxylation is 1. The quantitative estimate of drug-likeness (QED) is 0.592. The van der Waals surface area contributed by atoms with E-state index in [9.17, 15) is 9.59 Å². The highest BCUT2D eigenvalue weighted by Crippen LogP contribution is 2.26. The molecule has 1 saturated heterocycles. The van der Waals surface area contributed by atoms with E-state index in [1.54, 1.807) is 40.2 Å². The Labute approximate surface area is 187 Å². The highest BCUT2D eigenvalue weighted by atomic mass is 32.1. The molecule has 0 N–H and O–H groups in total. The third kappa shape index (κ3) is 4.88. The van der Waals surface area contributed by atoms with Gasteiger partial charge in [-0.15, -0.1) is 11.3 Å².